The number of nitrogens with zero attached hydrogens (tertiary/aromatic N) is 2. The van der Waals surface area contributed by atoms with E-state index in [9.17, 15) is 9.18 Å². The SMILES string of the molecule is Cc1ccc(F)c(N2CCCC(NC(=O)c3ccc(-c4cnco4)cc3)C2)c1. The van der Waals surface area contributed by atoms with Crippen LogP contribution in [-0.2, 0) is 0 Å². The number of aryl methyl sites for hydroxylation is 1. The number of piperidine rings is 1. The Balaban J connectivity index is 1.42. The van der Waals surface area contributed by atoms with Gasteiger partial charge in [-0.1, -0.05) is 18.2 Å². The highest BCUT2D eigenvalue weighted by molar-refractivity contribution is 5.94. The standard InChI is InChI=1S/C22H22FN3O2/c1-15-4-9-19(23)20(11-15)26-10-2-3-18(13-26)25-22(27)17-7-5-16(6-8-17)21-12-24-14-28-21/h4-9,11-12,14,18H,2-3,10,13H2,1H3,(H,25,27). The Labute approximate surface area is 163 Å². The topological polar surface area (TPSA) is 58.4 Å². The highest BCUT2D eigenvalue weighted by Gasteiger charge is 2.24. The average molecular weight is 379 g/mol. The lowest BCUT2D eigenvalue weighted by Crippen LogP contribution is -2.48. The molecule has 1 amide bonds. The second-order valence-electron chi connectivity index (χ2n) is 7.16. The zero-order valence-electron chi connectivity index (χ0n) is 15.7. The molecule has 1 fully saturated rings. The second-order valence-corrected chi connectivity index (χ2v) is 7.16. The fraction of sp³-hybridized carbons (Fsp3) is 0.273. The Bertz CT molecular complexity index is 954. The molecule has 1 N–H and O–H groups in total. The van der Waals surface area contributed by atoms with E-state index in [-0.39, 0.29) is 17.8 Å². The molecule has 0 radical (unpaired) electrons. The number of halogens is 1. The summed E-state index contributed by atoms with van der Waals surface area (Å²) >= 11 is 0. The van der Waals surface area contributed by atoms with Crippen molar-refractivity contribution in [1.82, 2.24) is 10.3 Å². The van der Waals surface area contributed by atoms with Crippen molar-refractivity contribution in [3.05, 3.63) is 72.0 Å². The Hall–Kier alpha value is -3.15. The third kappa shape index (κ3) is 3.91. The van der Waals surface area contributed by atoms with Crippen molar-refractivity contribution in [2.24, 2.45) is 0 Å². The minimum absolute atomic E-state index is 0.0184. The van der Waals surface area contributed by atoms with Crippen molar-refractivity contribution in [3.8, 4) is 11.3 Å². The quantitative estimate of drug-likeness (QED) is 0.739. The van der Waals surface area contributed by atoms with Gasteiger partial charge in [-0.05, 0) is 49.6 Å². The minimum Gasteiger partial charge on any atom is -0.444 e. The lowest BCUT2D eigenvalue weighted by atomic mass is 10.0. The van der Waals surface area contributed by atoms with Crippen LogP contribution in [0.25, 0.3) is 11.3 Å². The van der Waals surface area contributed by atoms with Gasteiger partial charge in [-0.2, -0.15) is 0 Å². The van der Waals surface area contributed by atoms with Crippen LogP contribution < -0.4 is 10.2 Å². The van der Waals surface area contributed by atoms with Crippen molar-refractivity contribution in [1.29, 1.82) is 0 Å². The van der Waals surface area contributed by atoms with E-state index in [4.69, 9.17) is 4.42 Å². The van der Waals surface area contributed by atoms with Crippen molar-refractivity contribution in [2.45, 2.75) is 25.8 Å². The monoisotopic (exact) mass is 379 g/mol. The number of anilines is 1. The Morgan fingerprint density at radius 3 is 2.82 bits per heavy atom. The van der Waals surface area contributed by atoms with Gasteiger partial charge in [0.2, 0.25) is 0 Å². The van der Waals surface area contributed by atoms with Crippen LogP contribution >= 0.6 is 0 Å². The summed E-state index contributed by atoms with van der Waals surface area (Å²) in [5.74, 6) is 0.316. The number of benzene rings is 2. The molecule has 4 rings (SSSR count). The van der Waals surface area contributed by atoms with E-state index in [0.717, 1.165) is 30.5 Å². The van der Waals surface area contributed by atoms with E-state index in [0.29, 0.717) is 23.6 Å². The number of carbonyl (C=O) groups is 1. The Morgan fingerprint density at radius 1 is 1.25 bits per heavy atom. The highest BCUT2D eigenvalue weighted by atomic mass is 19.1. The van der Waals surface area contributed by atoms with Gasteiger partial charge in [0.25, 0.3) is 5.91 Å². The molecule has 28 heavy (non-hydrogen) atoms. The van der Waals surface area contributed by atoms with E-state index in [1.165, 1.54) is 12.5 Å². The lowest BCUT2D eigenvalue weighted by molar-refractivity contribution is 0.0933. The van der Waals surface area contributed by atoms with Crippen molar-refractivity contribution in [3.63, 3.8) is 0 Å². The molecule has 0 aliphatic carbocycles. The molecule has 2 heterocycles. The summed E-state index contributed by atoms with van der Waals surface area (Å²) in [7, 11) is 0. The molecule has 0 spiro atoms. The van der Waals surface area contributed by atoms with Crippen LogP contribution in [0.5, 0.6) is 0 Å². The molecule has 2 aromatic carbocycles. The van der Waals surface area contributed by atoms with Crippen molar-refractivity contribution < 1.29 is 13.6 Å². The number of aromatic nitrogens is 1. The maximum Gasteiger partial charge on any atom is 0.251 e. The number of hydrogen-bond donors (Lipinski definition) is 1. The van der Waals surface area contributed by atoms with E-state index in [2.05, 4.69) is 10.3 Å². The third-order valence-electron chi connectivity index (χ3n) is 5.06. The van der Waals surface area contributed by atoms with Crippen LogP contribution in [0.1, 0.15) is 28.8 Å². The van der Waals surface area contributed by atoms with Gasteiger partial charge in [0.05, 0.1) is 11.9 Å². The van der Waals surface area contributed by atoms with E-state index < -0.39 is 0 Å². The van der Waals surface area contributed by atoms with Crippen LogP contribution in [0, 0.1) is 12.7 Å². The zero-order valence-corrected chi connectivity index (χ0v) is 15.7. The largest absolute Gasteiger partial charge is 0.444 e. The number of hydrogen-bond acceptors (Lipinski definition) is 4. The molecule has 1 aliphatic rings. The van der Waals surface area contributed by atoms with Crippen LogP contribution in [0.2, 0.25) is 0 Å². The smallest absolute Gasteiger partial charge is 0.251 e. The van der Waals surface area contributed by atoms with Gasteiger partial charge in [-0.15, -0.1) is 0 Å². The third-order valence-corrected chi connectivity index (χ3v) is 5.06. The summed E-state index contributed by atoms with van der Waals surface area (Å²) in [4.78, 5) is 18.6. The number of amides is 1. The molecule has 1 aromatic heterocycles. The first-order chi connectivity index (χ1) is 13.6. The van der Waals surface area contributed by atoms with E-state index in [1.807, 2.05) is 30.0 Å². The first-order valence-electron chi connectivity index (χ1n) is 9.41. The molecule has 1 saturated heterocycles. The molecule has 0 saturated carbocycles. The number of rotatable bonds is 4. The summed E-state index contributed by atoms with van der Waals surface area (Å²) in [6.07, 6.45) is 4.80. The fourth-order valence-electron chi connectivity index (χ4n) is 3.59. The molecule has 0 bridgehead atoms. The minimum atomic E-state index is -0.222. The Kier molecular flexibility index (Phi) is 5.10. The molecule has 144 valence electrons. The maximum atomic E-state index is 14.2. The average Bonchev–Trinajstić information content (AvgIpc) is 3.25. The van der Waals surface area contributed by atoms with Gasteiger partial charge >= 0.3 is 0 Å². The van der Waals surface area contributed by atoms with Crippen LogP contribution in [0.4, 0.5) is 10.1 Å². The number of nitrogens with one attached hydrogen (secondary N) is 1. The summed E-state index contributed by atoms with van der Waals surface area (Å²) in [6.45, 7) is 3.34. The molecule has 5 nitrogen and oxygen atoms in total. The van der Waals surface area contributed by atoms with Crippen molar-refractivity contribution in [2.75, 3.05) is 18.0 Å². The van der Waals surface area contributed by atoms with Crippen LogP contribution in [-0.4, -0.2) is 30.0 Å². The van der Waals surface area contributed by atoms with Gasteiger partial charge in [-0.25, -0.2) is 9.37 Å². The molecule has 1 unspecified atom stereocenters. The normalized spacial score (nSPS) is 16.8. The first-order valence-corrected chi connectivity index (χ1v) is 9.41. The van der Waals surface area contributed by atoms with E-state index in [1.54, 1.807) is 24.4 Å². The Morgan fingerprint density at radius 2 is 2.07 bits per heavy atom. The van der Waals surface area contributed by atoms with Gasteiger partial charge in [0.15, 0.2) is 12.2 Å². The van der Waals surface area contributed by atoms with Gasteiger partial charge in [0.1, 0.15) is 5.82 Å². The molecule has 6 heteroatoms. The fourth-order valence-corrected chi connectivity index (χ4v) is 3.59. The van der Waals surface area contributed by atoms with Crippen LogP contribution in [0.3, 0.4) is 0 Å². The summed E-state index contributed by atoms with van der Waals surface area (Å²) in [5.41, 5.74) is 3.08. The van der Waals surface area contributed by atoms with Crippen LogP contribution in [0.15, 0.2) is 59.5 Å². The predicted octanol–water partition coefficient (Wildman–Crippen LogP) is 4.19. The summed E-state index contributed by atoms with van der Waals surface area (Å²) in [5, 5.41) is 3.08. The van der Waals surface area contributed by atoms with Crippen molar-refractivity contribution >= 4 is 11.6 Å². The van der Waals surface area contributed by atoms with Gasteiger partial charge in [-0.3, -0.25) is 4.79 Å². The zero-order chi connectivity index (χ0) is 19.5. The first kappa shape index (κ1) is 18.2. The molecule has 3 aromatic rings. The maximum absolute atomic E-state index is 14.2. The summed E-state index contributed by atoms with van der Waals surface area (Å²) in [6, 6.07) is 12.3. The molecular weight excluding hydrogens is 357 g/mol. The predicted molar refractivity (Wildman–Crippen MR) is 106 cm³/mol. The number of oxazole rings is 1. The van der Waals surface area contributed by atoms with Gasteiger partial charge in [0, 0.05) is 30.3 Å². The summed E-state index contributed by atoms with van der Waals surface area (Å²) < 4.78 is 19.5. The molecular formula is C22H22FN3O2. The molecule has 1 aliphatic heterocycles. The molecule has 1 atom stereocenters. The van der Waals surface area contributed by atoms with Gasteiger partial charge < -0.3 is 14.6 Å². The van der Waals surface area contributed by atoms with E-state index >= 15 is 0 Å². The highest BCUT2D eigenvalue weighted by Crippen LogP contribution is 2.25. The number of carbonyl (C=O) groups excluding carboxylic acids is 1. The second kappa shape index (κ2) is 7.84. The lowest BCUT2D eigenvalue weighted by Gasteiger charge is -2.35.